The fraction of sp³-hybridized carbons (Fsp3) is 0.304. The Bertz CT molecular complexity index is 1130. The molecular weight excluding hydrogens is 387 g/mol. The van der Waals surface area contributed by atoms with Gasteiger partial charge >= 0.3 is 5.97 Å². The monoisotopic (exact) mass is 410 g/mol. The van der Waals surface area contributed by atoms with E-state index >= 15 is 0 Å². The Kier molecular flexibility index (Phi) is 5.20. The molecule has 0 bridgehead atoms. The van der Waals surface area contributed by atoms with Crippen LogP contribution in [-0.4, -0.2) is 29.7 Å². The van der Waals surface area contributed by atoms with Gasteiger partial charge in [0.05, 0.1) is 18.4 Å². The summed E-state index contributed by atoms with van der Waals surface area (Å²) in [4.78, 5) is 25.5. The van der Waals surface area contributed by atoms with E-state index in [1.165, 1.54) is 25.1 Å². The van der Waals surface area contributed by atoms with E-state index in [0.717, 1.165) is 29.4 Å². The summed E-state index contributed by atoms with van der Waals surface area (Å²) >= 11 is 0. The first kappa shape index (κ1) is 19.9. The molecule has 3 aromatic rings. The number of nitrogens with one attached hydrogen (secondary N) is 1. The molecule has 1 N–H and O–H groups in total. The number of aromatic nitrogens is 1. The number of carbonyl (C=O) groups excluding carboxylic acids is 2. The second-order valence-electron chi connectivity index (χ2n) is 7.46. The van der Waals surface area contributed by atoms with Crippen LogP contribution in [0.5, 0.6) is 5.75 Å². The van der Waals surface area contributed by atoms with Gasteiger partial charge < -0.3 is 19.4 Å². The molecule has 6 nitrogen and oxygen atoms in total. The van der Waals surface area contributed by atoms with Crippen LogP contribution in [0.1, 0.15) is 41.9 Å². The summed E-state index contributed by atoms with van der Waals surface area (Å²) in [6, 6.07) is 11.8. The number of nitrogens with zero attached hydrogens (tertiary/aromatic N) is 1. The molecule has 0 radical (unpaired) electrons. The van der Waals surface area contributed by atoms with E-state index < -0.39 is 23.8 Å². The molecule has 1 atom stereocenters. The number of carbonyl (C=O) groups is 2. The van der Waals surface area contributed by atoms with E-state index in [0.29, 0.717) is 17.4 Å². The van der Waals surface area contributed by atoms with E-state index in [4.69, 9.17) is 9.47 Å². The van der Waals surface area contributed by atoms with Gasteiger partial charge in [-0.05, 0) is 57.0 Å². The highest BCUT2D eigenvalue weighted by atomic mass is 19.1. The predicted octanol–water partition coefficient (Wildman–Crippen LogP) is 4.62. The largest absolute Gasteiger partial charge is 0.497 e. The van der Waals surface area contributed by atoms with Crippen LogP contribution < -0.4 is 10.1 Å². The van der Waals surface area contributed by atoms with Crippen molar-refractivity contribution in [3.8, 4) is 5.75 Å². The molecule has 4 rings (SSSR count). The zero-order chi connectivity index (χ0) is 21.4. The van der Waals surface area contributed by atoms with Gasteiger partial charge in [0, 0.05) is 22.6 Å². The smallest absolute Gasteiger partial charge is 0.341 e. The third kappa shape index (κ3) is 3.63. The second kappa shape index (κ2) is 7.82. The summed E-state index contributed by atoms with van der Waals surface area (Å²) in [6.07, 6.45) is 1.03. The molecule has 1 heterocycles. The number of rotatable bonds is 6. The van der Waals surface area contributed by atoms with Gasteiger partial charge in [-0.3, -0.25) is 4.79 Å². The van der Waals surface area contributed by atoms with Crippen molar-refractivity contribution in [1.82, 2.24) is 4.57 Å². The van der Waals surface area contributed by atoms with E-state index in [9.17, 15) is 14.0 Å². The van der Waals surface area contributed by atoms with Crippen LogP contribution in [0.2, 0.25) is 0 Å². The number of benzene rings is 2. The Morgan fingerprint density at radius 2 is 1.93 bits per heavy atom. The van der Waals surface area contributed by atoms with Crippen molar-refractivity contribution >= 4 is 28.5 Å². The van der Waals surface area contributed by atoms with E-state index in [-0.39, 0.29) is 5.69 Å². The summed E-state index contributed by atoms with van der Waals surface area (Å²) in [5.74, 6) is -1.12. The van der Waals surface area contributed by atoms with Gasteiger partial charge in [-0.15, -0.1) is 0 Å². The van der Waals surface area contributed by atoms with Crippen LogP contribution in [0.4, 0.5) is 10.1 Å². The number of fused-ring (bicyclic) bond motifs is 1. The van der Waals surface area contributed by atoms with Crippen molar-refractivity contribution in [3.63, 3.8) is 0 Å². The van der Waals surface area contributed by atoms with Gasteiger partial charge in [-0.1, -0.05) is 12.1 Å². The van der Waals surface area contributed by atoms with Gasteiger partial charge in [0.15, 0.2) is 6.10 Å². The Labute approximate surface area is 173 Å². The highest BCUT2D eigenvalue weighted by Gasteiger charge is 2.32. The van der Waals surface area contributed by atoms with Gasteiger partial charge in [0.1, 0.15) is 11.6 Å². The number of anilines is 1. The van der Waals surface area contributed by atoms with Crippen LogP contribution in [0, 0.1) is 12.7 Å². The molecule has 0 spiro atoms. The standard InChI is InChI=1S/C23H23FN2O4/c1-13-21(17-12-16(29-3)10-11-20(17)26(13)15-8-9-15)23(28)30-14(2)22(27)25-19-7-5-4-6-18(19)24/h4-7,10-12,14-15H,8-9H2,1-3H3,(H,25,27). The Hall–Kier alpha value is -3.35. The number of amides is 1. The predicted molar refractivity (Wildman–Crippen MR) is 111 cm³/mol. The SMILES string of the molecule is COc1ccc2c(c1)c(C(=O)OC(C)C(=O)Nc1ccccc1F)c(C)n2C1CC1. The van der Waals surface area contributed by atoms with Gasteiger partial charge in [0.2, 0.25) is 0 Å². The highest BCUT2D eigenvalue weighted by Crippen LogP contribution is 2.42. The molecule has 1 saturated carbocycles. The first-order chi connectivity index (χ1) is 14.4. The summed E-state index contributed by atoms with van der Waals surface area (Å²) in [5, 5.41) is 3.18. The zero-order valence-electron chi connectivity index (χ0n) is 17.1. The van der Waals surface area contributed by atoms with Crippen molar-refractivity contribution in [2.45, 2.75) is 38.8 Å². The van der Waals surface area contributed by atoms with Crippen LogP contribution in [0.3, 0.4) is 0 Å². The summed E-state index contributed by atoms with van der Waals surface area (Å²) in [5.41, 5.74) is 2.19. The number of methoxy groups -OCH3 is 1. The second-order valence-corrected chi connectivity index (χ2v) is 7.46. The van der Waals surface area contributed by atoms with Crippen LogP contribution in [0.15, 0.2) is 42.5 Å². The van der Waals surface area contributed by atoms with Crippen LogP contribution in [-0.2, 0) is 9.53 Å². The minimum absolute atomic E-state index is 0.0386. The Balaban J connectivity index is 1.60. The topological polar surface area (TPSA) is 69.6 Å². The number of esters is 1. The number of halogens is 1. The minimum atomic E-state index is -1.10. The van der Waals surface area contributed by atoms with Gasteiger partial charge in [-0.25, -0.2) is 9.18 Å². The molecule has 30 heavy (non-hydrogen) atoms. The molecule has 1 aliphatic carbocycles. The van der Waals surface area contributed by atoms with E-state index in [1.807, 2.05) is 25.1 Å². The van der Waals surface area contributed by atoms with Crippen molar-refractivity contribution < 1.29 is 23.5 Å². The lowest BCUT2D eigenvalue weighted by atomic mass is 10.1. The number of hydrogen-bond acceptors (Lipinski definition) is 4. The first-order valence-electron chi connectivity index (χ1n) is 9.85. The third-order valence-electron chi connectivity index (χ3n) is 5.36. The summed E-state index contributed by atoms with van der Waals surface area (Å²) < 4.78 is 26.7. The normalized spacial score (nSPS) is 14.4. The lowest BCUT2D eigenvalue weighted by molar-refractivity contribution is -0.123. The van der Waals surface area contributed by atoms with Crippen molar-refractivity contribution in [2.75, 3.05) is 12.4 Å². The number of hydrogen-bond donors (Lipinski definition) is 1. The van der Waals surface area contributed by atoms with Crippen molar-refractivity contribution in [3.05, 3.63) is 59.5 Å². The van der Waals surface area contributed by atoms with Crippen molar-refractivity contribution in [1.29, 1.82) is 0 Å². The average Bonchev–Trinajstić information content (AvgIpc) is 3.51. The average molecular weight is 410 g/mol. The molecule has 0 aliphatic heterocycles. The molecule has 1 fully saturated rings. The number of para-hydroxylation sites is 1. The van der Waals surface area contributed by atoms with Crippen LogP contribution in [0.25, 0.3) is 10.9 Å². The minimum Gasteiger partial charge on any atom is -0.497 e. The van der Waals surface area contributed by atoms with E-state index in [2.05, 4.69) is 9.88 Å². The molecule has 1 aliphatic rings. The zero-order valence-corrected chi connectivity index (χ0v) is 17.1. The summed E-state index contributed by atoms with van der Waals surface area (Å²) in [7, 11) is 1.57. The fourth-order valence-electron chi connectivity index (χ4n) is 3.68. The van der Waals surface area contributed by atoms with Crippen molar-refractivity contribution in [2.24, 2.45) is 0 Å². The summed E-state index contributed by atoms with van der Waals surface area (Å²) in [6.45, 7) is 3.34. The first-order valence-corrected chi connectivity index (χ1v) is 9.85. The maximum absolute atomic E-state index is 13.8. The highest BCUT2D eigenvalue weighted by molar-refractivity contribution is 6.07. The Morgan fingerprint density at radius 1 is 1.20 bits per heavy atom. The third-order valence-corrected chi connectivity index (χ3v) is 5.36. The quantitative estimate of drug-likeness (QED) is 0.602. The maximum atomic E-state index is 13.8. The van der Waals surface area contributed by atoms with Gasteiger partial charge in [0.25, 0.3) is 5.91 Å². The molecule has 1 aromatic heterocycles. The lowest BCUT2D eigenvalue weighted by Crippen LogP contribution is -2.30. The van der Waals surface area contributed by atoms with Crippen LogP contribution >= 0.6 is 0 Å². The molecule has 0 saturated heterocycles. The lowest BCUT2D eigenvalue weighted by Gasteiger charge is -2.14. The fourth-order valence-corrected chi connectivity index (χ4v) is 3.68. The number of ether oxygens (including phenoxy) is 2. The maximum Gasteiger partial charge on any atom is 0.341 e. The van der Waals surface area contributed by atoms with Gasteiger partial charge in [-0.2, -0.15) is 0 Å². The Morgan fingerprint density at radius 3 is 2.60 bits per heavy atom. The molecule has 1 amide bonds. The molecular formula is C23H23FN2O4. The molecule has 7 heteroatoms. The molecule has 2 aromatic carbocycles. The van der Waals surface area contributed by atoms with E-state index in [1.54, 1.807) is 13.2 Å². The molecule has 1 unspecified atom stereocenters. The molecule has 156 valence electrons.